The predicted molar refractivity (Wildman–Crippen MR) is 225 cm³/mol. The molecule has 5 aromatic rings. The molecule has 5 rings (SSSR count). The lowest BCUT2D eigenvalue weighted by Gasteiger charge is -2.29. The van der Waals surface area contributed by atoms with E-state index in [4.69, 9.17) is 14.2 Å². The van der Waals surface area contributed by atoms with E-state index in [1.165, 1.54) is 11.1 Å². The molecule has 0 aromatic heterocycles. The molecule has 0 aliphatic rings. The van der Waals surface area contributed by atoms with Crippen LogP contribution in [0, 0.1) is 0 Å². The molecule has 0 aliphatic carbocycles. The van der Waals surface area contributed by atoms with E-state index in [0.717, 1.165) is 49.5 Å². The van der Waals surface area contributed by atoms with Crippen LogP contribution in [0.25, 0.3) is 0 Å². The topological polar surface area (TPSA) is 123 Å². The number of aryl methyl sites for hydroxylation is 2. The lowest BCUT2D eigenvalue weighted by Crippen LogP contribution is -2.37. The molecule has 0 unspecified atom stereocenters. The number of anilines is 1. The second-order valence-electron chi connectivity index (χ2n) is 14.2. The van der Waals surface area contributed by atoms with Crippen LogP contribution in [0.3, 0.4) is 0 Å². The molecular formula is C45H53N2O7PS. The van der Waals surface area contributed by atoms with Gasteiger partial charge in [0, 0.05) is 18.7 Å². The summed E-state index contributed by atoms with van der Waals surface area (Å²) in [6.45, 7) is 2.63. The van der Waals surface area contributed by atoms with Crippen LogP contribution >= 0.6 is 8.46 Å². The molecule has 0 saturated heterocycles. The normalized spacial score (nSPS) is 12.8. The highest BCUT2D eigenvalue weighted by molar-refractivity contribution is 7.92. The first-order chi connectivity index (χ1) is 27.1. The van der Waals surface area contributed by atoms with Crippen molar-refractivity contribution in [2.75, 3.05) is 24.1 Å². The van der Waals surface area contributed by atoms with Crippen molar-refractivity contribution in [3.8, 4) is 17.2 Å². The highest BCUT2D eigenvalue weighted by Gasteiger charge is 2.33. The minimum Gasteiger partial charge on any atom is -0.491 e. The first-order valence-electron chi connectivity index (χ1n) is 19.1. The van der Waals surface area contributed by atoms with Crippen LogP contribution in [0.2, 0.25) is 0 Å². The fourth-order valence-electron chi connectivity index (χ4n) is 6.43. The zero-order chi connectivity index (χ0) is 39.6. The fraction of sp³-hybridized carbons (Fsp3) is 0.333. The van der Waals surface area contributed by atoms with Crippen molar-refractivity contribution in [1.82, 2.24) is 5.32 Å². The quantitative estimate of drug-likeness (QED) is 0.0529. The number of aliphatic hydroxyl groups excluding tert-OH is 1. The maximum Gasteiger partial charge on any atom is 0.229 e. The van der Waals surface area contributed by atoms with Crippen molar-refractivity contribution in [3.63, 3.8) is 0 Å². The summed E-state index contributed by atoms with van der Waals surface area (Å²) >= 11 is 0. The zero-order valence-electron chi connectivity index (χ0n) is 32.2. The lowest BCUT2D eigenvalue weighted by molar-refractivity contribution is 0.104. The van der Waals surface area contributed by atoms with Gasteiger partial charge in [-0.1, -0.05) is 103 Å². The molecule has 9 nitrogen and oxygen atoms in total. The fourth-order valence-corrected chi connectivity index (χ4v) is 7.63. The Balaban J connectivity index is 1.10. The molecule has 0 saturated carbocycles. The second kappa shape index (κ2) is 21.5. The van der Waals surface area contributed by atoms with Gasteiger partial charge < -0.3 is 24.6 Å². The van der Waals surface area contributed by atoms with Gasteiger partial charge in [0.2, 0.25) is 18.5 Å². The van der Waals surface area contributed by atoms with E-state index in [1.54, 1.807) is 18.2 Å². The Morgan fingerprint density at radius 3 is 1.82 bits per heavy atom. The molecule has 11 heteroatoms. The first kappa shape index (κ1) is 42.4. The molecule has 0 amide bonds. The third-order valence-electron chi connectivity index (χ3n) is 9.32. The summed E-state index contributed by atoms with van der Waals surface area (Å²) in [6.07, 6.45) is 5.84. The van der Waals surface area contributed by atoms with Gasteiger partial charge in [-0.3, -0.25) is 9.29 Å². The van der Waals surface area contributed by atoms with E-state index in [-0.39, 0.29) is 33.4 Å². The summed E-state index contributed by atoms with van der Waals surface area (Å²) in [6, 6.07) is 43.2. The number of sulfonamides is 1. The molecule has 56 heavy (non-hydrogen) atoms. The van der Waals surface area contributed by atoms with Crippen LogP contribution in [-0.4, -0.2) is 50.4 Å². The predicted octanol–water partition coefficient (Wildman–Crippen LogP) is 9.01. The van der Waals surface area contributed by atoms with Crippen LogP contribution in [0.1, 0.15) is 54.9 Å². The summed E-state index contributed by atoms with van der Waals surface area (Å²) in [5.74, 6) is 1.45. The molecule has 0 radical (unpaired) electrons. The van der Waals surface area contributed by atoms with Crippen LogP contribution in [-0.2, 0) is 40.5 Å². The van der Waals surface area contributed by atoms with E-state index in [2.05, 4.69) is 41.2 Å². The maximum absolute atomic E-state index is 12.8. The Morgan fingerprint density at radius 1 is 0.714 bits per heavy atom. The van der Waals surface area contributed by atoms with Crippen molar-refractivity contribution in [1.29, 1.82) is 0 Å². The van der Waals surface area contributed by atoms with Gasteiger partial charge in [-0.05, 0) is 98.4 Å². The Labute approximate surface area is 333 Å². The molecule has 0 aliphatic heterocycles. The number of ether oxygens (including phenoxy) is 3. The lowest BCUT2D eigenvalue weighted by atomic mass is 10.00. The second-order valence-corrected chi connectivity index (χ2v) is 17.0. The largest absolute Gasteiger partial charge is 0.491 e. The van der Waals surface area contributed by atoms with Crippen molar-refractivity contribution < 1.29 is 32.3 Å². The van der Waals surface area contributed by atoms with Crippen molar-refractivity contribution in [3.05, 3.63) is 156 Å². The van der Waals surface area contributed by atoms with Crippen LogP contribution in [0.5, 0.6) is 17.2 Å². The van der Waals surface area contributed by atoms with Gasteiger partial charge in [-0.2, -0.15) is 0 Å². The molecular weight excluding hydrogens is 744 g/mol. The smallest absolute Gasteiger partial charge is 0.229 e. The summed E-state index contributed by atoms with van der Waals surface area (Å²) in [5, 5.41) is 13.3. The van der Waals surface area contributed by atoms with E-state index >= 15 is 0 Å². The molecule has 5 aromatic carbocycles. The number of hydrogen-bond acceptors (Lipinski definition) is 8. The van der Waals surface area contributed by atoms with E-state index in [0.29, 0.717) is 36.6 Å². The monoisotopic (exact) mass is 796 g/mol. The average molecular weight is 797 g/mol. The average Bonchev–Trinajstić information content (AvgIpc) is 3.20. The van der Waals surface area contributed by atoms with Gasteiger partial charge in [0.05, 0.1) is 11.9 Å². The summed E-state index contributed by atoms with van der Waals surface area (Å²) in [7, 11) is -3.59. The number of aliphatic hydroxyl groups is 1. The molecule has 3 N–H and O–H groups in total. The number of rotatable bonds is 24. The molecule has 0 heterocycles. The maximum atomic E-state index is 12.8. The molecule has 0 bridgehead atoms. The Morgan fingerprint density at radius 2 is 1.27 bits per heavy atom. The Bertz CT molecular complexity index is 1970. The van der Waals surface area contributed by atoms with E-state index < -0.39 is 21.5 Å². The van der Waals surface area contributed by atoms with Crippen molar-refractivity contribution >= 4 is 24.2 Å². The highest BCUT2D eigenvalue weighted by Crippen LogP contribution is 2.38. The van der Waals surface area contributed by atoms with Gasteiger partial charge in [0.1, 0.15) is 36.6 Å². The van der Waals surface area contributed by atoms with Crippen LogP contribution in [0.15, 0.2) is 133 Å². The third-order valence-corrected chi connectivity index (χ3v) is 10.8. The number of nitrogens with one attached hydrogen (secondary N) is 2. The zero-order valence-corrected chi connectivity index (χ0v) is 33.9. The van der Waals surface area contributed by atoms with Gasteiger partial charge in [0.15, 0.2) is 5.34 Å². The summed E-state index contributed by atoms with van der Waals surface area (Å²) in [4.78, 5) is 0. The standard InChI is InChI=1S/C45H53N2O7PS/c1-35(46-32-40(48)34-52-42-26-27-44(43(31-42)47-56(2,50)51)53-33-39-18-10-5-11-19-39)30-38-22-24-41(25-23-38)54-45(55-49,28-12-20-36-14-6-3-7-15-36)29-13-21-37-16-8-4-9-17-37/h3-11,14-19,22-27,31,35,40,46-48H,12-13,20-21,28-30,32-34H2,1-2H3/t35-,40+/m1/s1. The van der Waals surface area contributed by atoms with Gasteiger partial charge in [0.25, 0.3) is 0 Å². The molecule has 2 atom stereocenters. The molecule has 0 fully saturated rings. The number of hydrogen-bond donors (Lipinski definition) is 3. The van der Waals surface area contributed by atoms with Crippen molar-refractivity contribution in [2.24, 2.45) is 0 Å². The minimum atomic E-state index is -3.58. The third kappa shape index (κ3) is 14.7. The van der Waals surface area contributed by atoms with E-state index in [9.17, 15) is 18.1 Å². The van der Waals surface area contributed by atoms with Gasteiger partial charge >= 0.3 is 0 Å². The summed E-state index contributed by atoms with van der Waals surface area (Å²) < 4.78 is 57.7. The van der Waals surface area contributed by atoms with E-state index in [1.807, 2.05) is 91.0 Å². The van der Waals surface area contributed by atoms with Gasteiger partial charge in [-0.25, -0.2) is 8.42 Å². The van der Waals surface area contributed by atoms with Crippen LogP contribution in [0.4, 0.5) is 5.69 Å². The van der Waals surface area contributed by atoms with Crippen LogP contribution < -0.4 is 24.2 Å². The van der Waals surface area contributed by atoms with Crippen molar-refractivity contribution in [2.45, 2.75) is 76.0 Å². The molecule has 296 valence electrons. The summed E-state index contributed by atoms with van der Waals surface area (Å²) in [5.41, 5.74) is 4.81. The molecule has 0 spiro atoms. The SMILES string of the molecule is C[C@H](Cc1ccc(OC(CCCc2ccccc2)(CCCc2ccccc2)P=O)cc1)NC[C@H](O)COc1ccc(OCc2ccccc2)c(NS(C)(=O)=O)c1. The Hall–Kier alpha value is -4.73. The number of benzene rings is 5. The minimum absolute atomic E-state index is 0.00574. The first-order valence-corrected chi connectivity index (χ1v) is 21.8. The van der Waals surface area contributed by atoms with Gasteiger partial charge in [-0.15, -0.1) is 0 Å². The highest BCUT2D eigenvalue weighted by atomic mass is 32.2. The Kier molecular flexibility index (Phi) is 16.3.